The van der Waals surface area contributed by atoms with Crippen molar-refractivity contribution in [3.63, 3.8) is 0 Å². The number of thiocarbonyl (C=S) groups is 1. The summed E-state index contributed by atoms with van der Waals surface area (Å²) in [6.07, 6.45) is 0.995. The highest BCUT2D eigenvalue weighted by Crippen LogP contribution is 2.34. The molecule has 0 unspecified atom stereocenters. The van der Waals surface area contributed by atoms with E-state index in [1.165, 1.54) is 12.1 Å². The number of nitrogens with one attached hydrogen (secondary N) is 2. The zero-order valence-electron chi connectivity index (χ0n) is 13.6. The van der Waals surface area contributed by atoms with E-state index in [-0.39, 0.29) is 12.6 Å². The van der Waals surface area contributed by atoms with Crippen molar-refractivity contribution < 1.29 is 13.9 Å². The lowest BCUT2D eigenvalue weighted by molar-refractivity contribution is 0.174. The number of hydrogen-bond acceptors (Lipinski definition) is 4. The monoisotopic (exact) mass is 378 g/mol. The van der Waals surface area contributed by atoms with E-state index in [1.54, 1.807) is 0 Å². The second kappa shape index (κ2) is 8.92. The Morgan fingerprint density at radius 2 is 1.92 bits per heavy atom. The molecule has 0 radical (unpaired) electrons. The number of anilines is 1. The van der Waals surface area contributed by atoms with Crippen molar-refractivity contribution in [3.05, 3.63) is 53.8 Å². The first kappa shape index (κ1) is 17.8. The minimum absolute atomic E-state index is 0.193. The summed E-state index contributed by atoms with van der Waals surface area (Å²) in [4.78, 5) is 0. The summed E-state index contributed by atoms with van der Waals surface area (Å²) in [5.74, 6) is 3.19. The smallest absolute Gasteiger partial charge is 0.231 e. The van der Waals surface area contributed by atoms with Crippen LogP contribution in [0.4, 0.5) is 10.1 Å². The van der Waals surface area contributed by atoms with Crippen LogP contribution in [0, 0.1) is 5.82 Å². The molecule has 3 rings (SSSR count). The minimum Gasteiger partial charge on any atom is -0.454 e. The van der Waals surface area contributed by atoms with Crippen LogP contribution in [0.1, 0.15) is 12.0 Å². The standard InChI is InChI=1S/C18H19FN2O2S2/c19-14-4-2-13(3-5-14)11-25-9-1-8-20-18(24)21-15-6-7-16-17(10-15)23-12-22-16/h2-7,10H,1,8-9,11-12H2,(H2,20,21,24). The second-order valence-electron chi connectivity index (χ2n) is 5.48. The third-order valence-electron chi connectivity index (χ3n) is 3.56. The molecule has 4 nitrogen and oxygen atoms in total. The molecule has 0 aromatic heterocycles. The third kappa shape index (κ3) is 5.51. The van der Waals surface area contributed by atoms with Gasteiger partial charge in [0.15, 0.2) is 16.6 Å². The van der Waals surface area contributed by atoms with Gasteiger partial charge >= 0.3 is 0 Å². The zero-order valence-corrected chi connectivity index (χ0v) is 15.2. The van der Waals surface area contributed by atoms with E-state index in [0.717, 1.165) is 47.2 Å². The Balaban J connectivity index is 1.29. The van der Waals surface area contributed by atoms with Gasteiger partial charge in [-0.15, -0.1) is 0 Å². The van der Waals surface area contributed by atoms with Crippen LogP contribution in [0.15, 0.2) is 42.5 Å². The largest absolute Gasteiger partial charge is 0.454 e. The Bertz CT molecular complexity index is 726. The van der Waals surface area contributed by atoms with E-state index in [9.17, 15) is 4.39 Å². The van der Waals surface area contributed by atoms with Crippen LogP contribution in [0.25, 0.3) is 0 Å². The average molecular weight is 378 g/mol. The van der Waals surface area contributed by atoms with Crippen molar-refractivity contribution in [2.45, 2.75) is 12.2 Å². The van der Waals surface area contributed by atoms with E-state index in [0.29, 0.717) is 5.11 Å². The molecule has 0 aliphatic carbocycles. The van der Waals surface area contributed by atoms with Gasteiger partial charge in [-0.05, 0) is 54.2 Å². The summed E-state index contributed by atoms with van der Waals surface area (Å²) < 4.78 is 23.4. The molecular weight excluding hydrogens is 359 g/mol. The zero-order chi connectivity index (χ0) is 17.5. The Morgan fingerprint density at radius 3 is 2.76 bits per heavy atom. The SMILES string of the molecule is Fc1ccc(CSCCCNC(=S)Nc2ccc3c(c2)OCO3)cc1. The lowest BCUT2D eigenvalue weighted by Gasteiger charge is -2.11. The maximum absolute atomic E-state index is 12.8. The van der Waals surface area contributed by atoms with Crippen molar-refractivity contribution in [1.29, 1.82) is 0 Å². The molecule has 0 bridgehead atoms. The molecule has 2 aromatic carbocycles. The van der Waals surface area contributed by atoms with Gasteiger partial charge in [0.2, 0.25) is 6.79 Å². The first-order valence-corrected chi connectivity index (χ1v) is 9.54. The molecule has 7 heteroatoms. The maximum Gasteiger partial charge on any atom is 0.231 e. The van der Waals surface area contributed by atoms with Crippen LogP contribution in [0.2, 0.25) is 0 Å². The number of ether oxygens (including phenoxy) is 2. The Hall–Kier alpha value is -1.99. The van der Waals surface area contributed by atoms with Crippen molar-refractivity contribution in [2.75, 3.05) is 24.4 Å². The van der Waals surface area contributed by atoms with Gasteiger partial charge in [0.05, 0.1) is 0 Å². The van der Waals surface area contributed by atoms with Crippen molar-refractivity contribution in [2.24, 2.45) is 0 Å². The number of hydrogen-bond donors (Lipinski definition) is 2. The van der Waals surface area contributed by atoms with E-state index in [1.807, 2.05) is 42.1 Å². The van der Waals surface area contributed by atoms with Gasteiger partial charge < -0.3 is 20.1 Å². The predicted octanol–water partition coefficient (Wildman–Crippen LogP) is 4.16. The van der Waals surface area contributed by atoms with E-state index >= 15 is 0 Å². The first-order valence-electron chi connectivity index (χ1n) is 7.97. The van der Waals surface area contributed by atoms with Gasteiger partial charge in [-0.3, -0.25) is 0 Å². The van der Waals surface area contributed by atoms with E-state index < -0.39 is 0 Å². The summed E-state index contributed by atoms with van der Waals surface area (Å²) in [5.41, 5.74) is 2.01. The van der Waals surface area contributed by atoms with Crippen LogP contribution in [0.5, 0.6) is 11.5 Å². The first-order chi connectivity index (χ1) is 12.2. The summed E-state index contributed by atoms with van der Waals surface area (Å²) in [6.45, 7) is 1.06. The number of benzene rings is 2. The summed E-state index contributed by atoms with van der Waals surface area (Å²) in [5, 5.41) is 6.91. The molecule has 2 N–H and O–H groups in total. The molecule has 1 aliphatic heterocycles. The van der Waals surface area contributed by atoms with Gasteiger partial charge in [0.25, 0.3) is 0 Å². The molecule has 0 atom stereocenters. The van der Waals surface area contributed by atoms with Crippen LogP contribution in [0.3, 0.4) is 0 Å². The fourth-order valence-electron chi connectivity index (χ4n) is 2.30. The molecule has 2 aromatic rings. The summed E-state index contributed by atoms with van der Waals surface area (Å²) in [6, 6.07) is 12.3. The topological polar surface area (TPSA) is 42.5 Å². The lowest BCUT2D eigenvalue weighted by Crippen LogP contribution is -2.29. The lowest BCUT2D eigenvalue weighted by atomic mass is 10.2. The van der Waals surface area contributed by atoms with E-state index in [2.05, 4.69) is 10.6 Å². The highest BCUT2D eigenvalue weighted by Gasteiger charge is 2.13. The van der Waals surface area contributed by atoms with Gasteiger partial charge in [-0.1, -0.05) is 12.1 Å². The van der Waals surface area contributed by atoms with Gasteiger partial charge in [0.1, 0.15) is 5.82 Å². The van der Waals surface area contributed by atoms with Crippen molar-refractivity contribution >= 4 is 34.8 Å². The maximum atomic E-state index is 12.8. The van der Waals surface area contributed by atoms with Crippen molar-refractivity contribution in [1.82, 2.24) is 5.32 Å². The van der Waals surface area contributed by atoms with Crippen LogP contribution >= 0.6 is 24.0 Å². The molecular formula is C18H19FN2O2S2. The highest BCUT2D eigenvalue weighted by molar-refractivity contribution is 7.98. The molecule has 0 saturated carbocycles. The number of thioether (sulfide) groups is 1. The summed E-state index contributed by atoms with van der Waals surface area (Å²) >= 11 is 7.12. The number of rotatable bonds is 7. The van der Waals surface area contributed by atoms with Crippen molar-refractivity contribution in [3.8, 4) is 11.5 Å². The van der Waals surface area contributed by atoms with Gasteiger partial charge in [-0.2, -0.15) is 11.8 Å². The summed E-state index contributed by atoms with van der Waals surface area (Å²) in [7, 11) is 0. The fourth-order valence-corrected chi connectivity index (χ4v) is 3.44. The molecule has 0 fully saturated rings. The molecule has 132 valence electrons. The molecule has 0 spiro atoms. The quantitative estimate of drug-likeness (QED) is 0.557. The molecule has 25 heavy (non-hydrogen) atoms. The number of halogens is 1. The van der Waals surface area contributed by atoms with Crippen LogP contribution < -0.4 is 20.1 Å². The molecule has 0 saturated heterocycles. The van der Waals surface area contributed by atoms with Crippen LogP contribution in [-0.4, -0.2) is 24.2 Å². The Kier molecular flexibility index (Phi) is 6.36. The number of fused-ring (bicyclic) bond motifs is 1. The van der Waals surface area contributed by atoms with Gasteiger partial charge in [-0.25, -0.2) is 4.39 Å². The van der Waals surface area contributed by atoms with Crippen LogP contribution in [-0.2, 0) is 5.75 Å². The van der Waals surface area contributed by atoms with E-state index in [4.69, 9.17) is 21.7 Å². The third-order valence-corrected chi connectivity index (χ3v) is 4.92. The second-order valence-corrected chi connectivity index (χ2v) is 6.99. The normalized spacial score (nSPS) is 12.0. The fraction of sp³-hybridized carbons (Fsp3) is 0.278. The average Bonchev–Trinajstić information content (AvgIpc) is 3.07. The minimum atomic E-state index is -0.193. The van der Waals surface area contributed by atoms with Gasteiger partial charge in [0, 0.05) is 24.1 Å². The predicted molar refractivity (Wildman–Crippen MR) is 104 cm³/mol. The Labute approximate surface area is 156 Å². The molecule has 1 aliphatic rings. The highest BCUT2D eigenvalue weighted by atomic mass is 32.2. The molecule has 1 heterocycles. The Morgan fingerprint density at radius 1 is 1.12 bits per heavy atom. The molecule has 0 amide bonds.